The normalized spacial score (nSPS) is 23.9. The lowest BCUT2D eigenvalue weighted by atomic mass is 9.95. The van der Waals surface area contributed by atoms with Gasteiger partial charge in [-0.2, -0.15) is 0 Å². The fourth-order valence-corrected chi connectivity index (χ4v) is 4.02. The zero-order valence-electron chi connectivity index (χ0n) is 15.3. The van der Waals surface area contributed by atoms with E-state index in [-0.39, 0.29) is 5.91 Å². The third-order valence-corrected chi connectivity index (χ3v) is 5.34. The summed E-state index contributed by atoms with van der Waals surface area (Å²) in [5.41, 5.74) is 1.68. The molecule has 25 heavy (non-hydrogen) atoms. The van der Waals surface area contributed by atoms with Crippen molar-refractivity contribution in [2.24, 2.45) is 0 Å². The number of hydrogen-bond donors (Lipinski definition) is 1. The van der Waals surface area contributed by atoms with E-state index in [1.54, 1.807) is 14.2 Å². The summed E-state index contributed by atoms with van der Waals surface area (Å²) in [6.07, 6.45) is 2.65. The number of aliphatic hydroxyl groups is 1. The number of fused-ring (bicyclic) bond motifs is 1. The van der Waals surface area contributed by atoms with Crippen LogP contribution >= 0.6 is 0 Å². The van der Waals surface area contributed by atoms with Crippen molar-refractivity contribution in [3.8, 4) is 11.5 Å². The van der Waals surface area contributed by atoms with Gasteiger partial charge in [-0.3, -0.25) is 9.69 Å². The molecule has 2 atom stereocenters. The van der Waals surface area contributed by atoms with Gasteiger partial charge in [-0.05, 0) is 38.3 Å². The van der Waals surface area contributed by atoms with E-state index in [9.17, 15) is 9.90 Å². The van der Waals surface area contributed by atoms with E-state index in [1.165, 1.54) is 6.42 Å². The first-order chi connectivity index (χ1) is 12.0. The number of benzene rings is 1. The minimum absolute atomic E-state index is 0.143. The highest BCUT2D eigenvalue weighted by atomic mass is 16.5. The predicted octanol–water partition coefficient (Wildman–Crippen LogP) is 1.95. The molecule has 1 saturated heterocycles. The number of likely N-dealkylation sites (tertiary alicyclic amines) is 1. The maximum atomic E-state index is 12.7. The number of piperidine rings is 1. The van der Waals surface area contributed by atoms with Gasteiger partial charge in [0, 0.05) is 36.8 Å². The zero-order chi connectivity index (χ0) is 18.0. The smallest absolute Gasteiger partial charge is 0.236 e. The Kier molecular flexibility index (Phi) is 5.49. The zero-order valence-corrected chi connectivity index (χ0v) is 15.3. The Morgan fingerprint density at radius 1 is 1.24 bits per heavy atom. The molecule has 0 radical (unpaired) electrons. The molecule has 138 valence electrons. The number of rotatable bonds is 4. The lowest BCUT2D eigenvalue weighted by Gasteiger charge is -2.37. The molecule has 0 bridgehead atoms. The number of hydrogen-bond acceptors (Lipinski definition) is 5. The van der Waals surface area contributed by atoms with Gasteiger partial charge in [0.25, 0.3) is 0 Å². The van der Waals surface area contributed by atoms with E-state index >= 15 is 0 Å². The average Bonchev–Trinajstić information content (AvgIpc) is 2.61. The van der Waals surface area contributed by atoms with Gasteiger partial charge >= 0.3 is 0 Å². The number of nitrogens with zero attached hydrogens (tertiary/aromatic N) is 2. The molecule has 1 aromatic carbocycles. The summed E-state index contributed by atoms with van der Waals surface area (Å²) in [5, 5.41) is 10.6. The first kappa shape index (κ1) is 18.0. The van der Waals surface area contributed by atoms with Crippen LogP contribution in [0.2, 0.25) is 0 Å². The van der Waals surface area contributed by atoms with Gasteiger partial charge in [-0.1, -0.05) is 0 Å². The topological polar surface area (TPSA) is 62.2 Å². The molecule has 0 aliphatic carbocycles. The summed E-state index contributed by atoms with van der Waals surface area (Å²) in [6, 6.07) is 3.97. The number of aliphatic hydroxyl groups excluding tert-OH is 1. The average molecular weight is 348 g/mol. The summed E-state index contributed by atoms with van der Waals surface area (Å²) in [6.45, 7) is 4.27. The van der Waals surface area contributed by atoms with E-state index < -0.39 is 6.10 Å². The Balaban J connectivity index is 1.78. The maximum absolute atomic E-state index is 12.7. The van der Waals surface area contributed by atoms with Crippen LogP contribution in [0, 0.1) is 0 Å². The Morgan fingerprint density at radius 2 is 1.96 bits per heavy atom. The molecule has 0 spiro atoms. The van der Waals surface area contributed by atoms with Gasteiger partial charge < -0.3 is 19.5 Å². The van der Waals surface area contributed by atoms with Crippen molar-refractivity contribution in [2.45, 2.75) is 44.9 Å². The molecule has 1 fully saturated rings. The molecule has 6 nitrogen and oxygen atoms in total. The molecule has 2 unspecified atom stereocenters. The van der Waals surface area contributed by atoms with Gasteiger partial charge in [0.05, 0.1) is 26.9 Å². The highest BCUT2D eigenvalue weighted by Gasteiger charge is 2.32. The minimum atomic E-state index is -0.694. The molecule has 2 aliphatic rings. The van der Waals surface area contributed by atoms with Crippen molar-refractivity contribution >= 4 is 5.91 Å². The molecular weight excluding hydrogens is 320 g/mol. The molecule has 3 rings (SSSR count). The monoisotopic (exact) mass is 348 g/mol. The minimum Gasteiger partial charge on any atom is -0.496 e. The van der Waals surface area contributed by atoms with Crippen molar-refractivity contribution in [3.63, 3.8) is 0 Å². The van der Waals surface area contributed by atoms with E-state index in [1.807, 2.05) is 21.9 Å². The third-order valence-electron chi connectivity index (χ3n) is 5.34. The second-order valence-corrected chi connectivity index (χ2v) is 6.98. The number of ether oxygens (including phenoxy) is 2. The van der Waals surface area contributed by atoms with Crippen LogP contribution in [0.4, 0.5) is 0 Å². The van der Waals surface area contributed by atoms with Crippen molar-refractivity contribution in [1.29, 1.82) is 0 Å². The van der Waals surface area contributed by atoms with Crippen LogP contribution in [0.3, 0.4) is 0 Å². The Morgan fingerprint density at radius 3 is 2.64 bits per heavy atom. The predicted molar refractivity (Wildman–Crippen MR) is 94.8 cm³/mol. The first-order valence-electron chi connectivity index (χ1n) is 8.98. The lowest BCUT2D eigenvalue weighted by molar-refractivity contribution is -0.136. The van der Waals surface area contributed by atoms with Gasteiger partial charge in [-0.15, -0.1) is 0 Å². The van der Waals surface area contributed by atoms with Crippen LogP contribution in [0.1, 0.15) is 43.4 Å². The maximum Gasteiger partial charge on any atom is 0.236 e. The van der Waals surface area contributed by atoms with Crippen LogP contribution < -0.4 is 9.47 Å². The third kappa shape index (κ3) is 3.60. The van der Waals surface area contributed by atoms with Gasteiger partial charge in [-0.25, -0.2) is 0 Å². The van der Waals surface area contributed by atoms with E-state index in [0.29, 0.717) is 31.4 Å². The van der Waals surface area contributed by atoms with E-state index in [0.717, 1.165) is 36.3 Å². The molecular formula is C19H28N2O4. The van der Waals surface area contributed by atoms with Crippen LogP contribution in [-0.2, 0) is 11.3 Å². The highest BCUT2D eigenvalue weighted by Crippen LogP contribution is 2.39. The number of carbonyl (C=O) groups is 1. The van der Waals surface area contributed by atoms with Crippen molar-refractivity contribution < 1.29 is 19.4 Å². The lowest BCUT2D eigenvalue weighted by Crippen LogP contribution is -2.48. The van der Waals surface area contributed by atoms with Crippen LogP contribution in [-0.4, -0.2) is 60.7 Å². The Labute approximate surface area is 149 Å². The van der Waals surface area contributed by atoms with Crippen molar-refractivity contribution in [1.82, 2.24) is 9.80 Å². The quantitative estimate of drug-likeness (QED) is 0.901. The molecule has 1 amide bonds. The molecule has 2 aliphatic heterocycles. The second-order valence-electron chi connectivity index (χ2n) is 6.98. The number of amides is 1. The molecule has 0 aromatic heterocycles. The van der Waals surface area contributed by atoms with Crippen LogP contribution in [0.5, 0.6) is 11.5 Å². The Bertz CT molecular complexity index is 634. The highest BCUT2D eigenvalue weighted by molar-refractivity contribution is 5.78. The van der Waals surface area contributed by atoms with Crippen molar-refractivity contribution in [2.75, 3.05) is 33.9 Å². The molecule has 1 N–H and O–H groups in total. The van der Waals surface area contributed by atoms with Gasteiger partial charge in [0.15, 0.2) is 0 Å². The number of β-amino-alcohol motifs (C(OH)–C–C–N with tert-alkyl or cyclic N) is 1. The first-order valence-corrected chi connectivity index (χ1v) is 8.98. The van der Waals surface area contributed by atoms with Gasteiger partial charge in [0.2, 0.25) is 5.91 Å². The summed E-state index contributed by atoms with van der Waals surface area (Å²) < 4.78 is 10.9. The second kappa shape index (κ2) is 7.62. The standard InChI is InChI=1S/C19H28N2O4/c1-13-6-4-5-9-21(13)18(23)12-20-10-14-16(24-2)7-8-17(25-3)19(14)15(22)11-20/h7-8,13,15,22H,4-6,9-12H2,1-3H3. The van der Waals surface area contributed by atoms with E-state index in [2.05, 4.69) is 6.92 Å². The van der Waals surface area contributed by atoms with Crippen LogP contribution in [0.25, 0.3) is 0 Å². The van der Waals surface area contributed by atoms with Crippen LogP contribution in [0.15, 0.2) is 12.1 Å². The molecule has 0 saturated carbocycles. The molecule has 1 aromatic rings. The fourth-order valence-electron chi connectivity index (χ4n) is 4.02. The number of methoxy groups -OCH3 is 2. The summed E-state index contributed by atoms with van der Waals surface area (Å²) in [7, 11) is 3.22. The van der Waals surface area contributed by atoms with Gasteiger partial charge in [0.1, 0.15) is 11.5 Å². The molecule has 6 heteroatoms. The molecule has 2 heterocycles. The largest absolute Gasteiger partial charge is 0.496 e. The summed E-state index contributed by atoms with van der Waals surface area (Å²) in [4.78, 5) is 16.7. The fraction of sp³-hybridized carbons (Fsp3) is 0.632. The Hall–Kier alpha value is -1.79. The summed E-state index contributed by atoms with van der Waals surface area (Å²) >= 11 is 0. The van der Waals surface area contributed by atoms with E-state index in [4.69, 9.17) is 9.47 Å². The SMILES string of the molecule is COc1ccc(OC)c2c1CN(CC(=O)N1CCCCC1C)CC2O. The van der Waals surface area contributed by atoms with Crippen molar-refractivity contribution in [3.05, 3.63) is 23.3 Å². The number of carbonyl (C=O) groups excluding carboxylic acids is 1. The summed E-state index contributed by atoms with van der Waals surface area (Å²) in [5.74, 6) is 1.53.